The summed E-state index contributed by atoms with van der Waals surface area (Å²) in [7, 11) is 4.40. The number of nitrogens with one attached hydrogen (secondary N) is 1. The maximum Gasteiger partial charge on any atom is 0.139 e. The minimum atomic E-state index is 0.556. The van der Waals surface area contributed by atoms with Gasteiger partial charge in [0.15, 0.2) is 0 Å². The number of fused-ring (bicyclic) bond motifs is 3. The van der Waals surface area contributed by atoms with Crippen LogP contribution in [-0.4, -0.2) is 41.0 Å². The zero-order valence-corrected chi connectivity index (χ0v) is 15.2. The van der Waals surface area contributed by atoms with Gasteiger partial charge >= 0.3 is 0 Å². The van der Waals surface area contributed by atoms with Crippen molar-refractivity contribution in [2.75, 3.05) is 19.4 Å². The Hall–Kier alpha value is -1.20. The van der Waals surface area contributed by atoms with E-state index in [9.17, 15) is 0 Å². The van der Waals surface area contributed by atoms with Crippen molar-refractivity contribution in [1.82, 2.24) is 14.9 Å². The smallest absolute Gasteiger partial charge is 0.139 e. The molecule has 0 atom stereocenters. The molecule has 2 aliphatic carbocycles. The summed E-state index contributed by atoms with van der Waals surface area (Å²) in [6, 6.07) is 1.30. The molecule has 4 nitrogen and oxygen atoms in total. The van der Waals surface area contributed by atoms with Crippen LogP contribution in [0, 0.1) is 6.92 Å². The third kappa shape index (κ3) is 2.85. The van der Waals surface area contributed by atoms with Crippen molar-refractivity contribution in [3.8, 4) is 0 Å². The molecule has 0 unspecified atom stereocenters. The number of aryl methyl sites for hydroxylation is 3. The van der Waals surface area contributed by atoms with Crippen LogP contribution >= 0.6 is 11.3 Å². The largest absolute Gasteiger partial charge is 0.367 e. The Kier molecular flexibility index (Phi) is 4.01. The van der Waals surface area contributed by atoms with Crippen molar-refractivity contribution >= 4 is 27.4 Å². The summed E-state index contributed by atoms with van der Waals surface area (Å²) in [6.45, 7) is 2.01. The van der Waals surface area contributed by atoms with Crippen molar-refractivity contribution in [2.45, 2.75) is 64.0 Å². The van der Waals surface area contributed by atoms with Crippen LogP contribution in [0.5, 0.6) is 0 Å². The van der Waals surface area contributed by atoms with Gasteiger partial charge in [0.05, 0.1) is 5.39 Å². The summed E-state index contributed by atoms with van der Waals surface area (Å²) in [5, 5.41) is 5.10. The first-order chi connectivity index (χ1) is 11.1. The zero-order valence-electron chi connectivity index (χ0n) is 14.4. The Morgan fingerprint density at radius 1 is 1.09 bits per heavy atom. The van der Waals surface area contributed by atoms with Crippen LogP contribution in [0.15, 0.2) is 0 Å². The highest BCUT2D eigenvalue weighted by atomic mass is 32.1. The molecule has 0 radical (unpaired) electrons. The van der Waals surface area contributed by atoms with E-state index in [1.165, 1.54) is 60.7 Å². The molecule has 5 heteroatoms. The molecule has 0 saturated heterocycles. The van der Waals surface area contributed by atoms with Gasteiger partial charge < -0.3 is 10.2 Å². The predicted molar refractivity (Wildman–Crippen MR) is 97.5 cm³/mol. The van der Waals surface area contributed by atoms with Gasteiger partial charge in [-0.3, -0.25) is 0 Å². The van der Waals surface area contributed by atoms with Crippen LogP contribution in [0.25, 0.3) is 10.2 Å². The van der Waals surface area contributed by atoms with Gasteiger partial charge in [0, 0.05) is 17.0 Å². The van der Waals surface area contributed by atoms with Crippen molar-refractivity contribution in [3.05, 3.63) is 16.3 Å². The SMILES string of the molecule is Cc1nc(NC2CCC(N(C)C)CC2)c2c3c(sc2n1)CCC3. The number of thiophene rings is 1. The molecular formula is C18H26N4S. The summed E-state index contributed by atoms with van der Waals surface area (Å²) < 4.78 is 0. The average molecular weight is 331 g/mol. The van der Waals surface area contributed by atoms with Crippen molar-refractivity contribution < 1.29 is 0 Å². The van der Waals surface area contributed by atoms with Gasteiger partial charge in [-0.1, -0.05) is 0 Å². The minimum absolute atomic E-state index is 0.556. The number of rotatable bonds is 3. The van der Waals surface area contributed by atoms with Gasteiger partial charge in [-0.05, 0) is 71.5 Å². The lowest BCUT2D eigenvalue weighted by Gasteiger charge is -2.33. The molecule has 0 amide bonds. The first-order valence-corrected chi connectivity index (χ1v) is 9.65. The fourth-order valence-corrected chi connectivity index (χ4v) is 5.44. The van der Waals surface area contributed by atoms with E-state index >= 15 is 0 Å². The van der Waals surface area contributed by atoms with Gasteiger partial charge in [-0.2, -0.15) is 0 Å². The Balaban J connectivity index is 1.59. The molecule has 0 aliphatic heterocycles. The first-order valence-electron chi connectivity index (χ1n) is 8.83. The fraction of sp³-hybridized carbons (Fsp3) is 0.667. The van der Waals surface area contributed by atoms with Crippen molar-refractivity contribution in [2.24, 2.45) is 0 Å². The number of hydrogen-bond acceptors (Lipinski definition) is 5. The highest BCUT2D eigenvalue weighted by Gasteiger charge is 2.26. The van der Waals surface area contributed by atoms with E-state index in [2.05, 4.69) is 29.3 Å². The molecule has 1 fully saturated rings. The number of nitrogens with zero attached hydrogens (tertiary/aromatic N) is 3. The topological polar surface area (TPSA) is 41.1 Å². The molecule has 1 N–H and O–H groups in total. The van der Waals surface area contributed by atoms with Gasteiger partial charge in [-0.25, -0.2) is 9.97 Å². The van der Waals surface area contributed by atoms with Crippen molar-refractivity contribution in [3.63, 3.8) is 0 Å². The number of aromatic nitrogens is 2. The van der Waals surface area contributed by atoms with E-state index in [0.29, 0.717) is 6.04 Å². The molecule has 2 aromatic rings. The van der Waals surface area contributed by atoms with E-state index in [1.54, 1.807) is 4.88 Å². The van der Waals surface area contributed by atoms with E-state index in [1.807, 2.05) is 18.3 Å². The summed E-state index contributed by atoms with van der Waals surface area (Å²) in [4.78, 5) is 14.6. The summed E-state index contributed by atoms with van der Waals surface area (Å²) >= 11 is 1.88. The zero-order chi connectivity index (χ0) is 16.0. The van der Waals surface area contributed by atoms with Crippen LogP contribution in [0.3, 0.4) is 0 Å². The van der Waals surface area contributed by atoms with Crippen LogP contribution in [0.2, 0.25) is 0 Å². The third-order valence-electron chi connectivity index (χ3n) is 5.44. The van der Waals surface area contributed by atoms with Gasteiger partial charge in [-0.15, -0.1) is 11.3 Å². The second kappa shape index (κ2) is 6.02. The lowest BCUT2D eigenvalue weighted by Crippen LogP contribution is -2.36. The molecule has 1 saturated carbocycles. The highest BCUT2D eigenvalue weighted by Crippen LogP contribution is 2.40. The van der Waals surface area contributed by atoms with Gasteiger partial charge in [0.25, 0.3) is 0 Å². The Labute approximate surface area is 142 Å². The average Bonchev–Trinajstić information content (AvgIpc) is 3.07. The van der Waals surface area contributed by atoms with Crippen LogP contribution < -0.4 is 5.32 Å². The van der Waals surface area contributed by atoms with Crippen LogP contribution in [-0.2, 0) is 12.8 Å². The van der Waals surface area contributed by atoms with Gasteiger partial charge in [0.2, 0.25) is 0 Å². The van der Waals surface area contributed by atoms with E-state index < -0.39 is 0 Å². The molecule has 0 spiro atoms. The normalized spacial score (nSPS) is 24.3. The Morgan fingerprint density at radius 3 is 2.61 bits per heavy atom. The monoisotopic (exact) mass is 330 g/mol. The molecular weight excluding hydrogens is 304 g/mol. The van der Waals surface area contributed by atoms with E-state index in [4.69, 9.17) is 4.98 Å². The number of hydrogen-bond donors (Lipinski definition) is 1. The van der Waals surface area contributed by atoms with E-state index in [-0.39, 0.29) is 0 Å². The second-order valence-electron chi connectivity index (χ2n) is 7.27. The maximum atomic E-state index is 4.77. The minimum Gasteiger partial charge on any atom is -0.367 e. The molecule has 2 aromatic heterocycles. The lowest BCUT2D eigenvalue weighted by molar-refractivity contribution is 0.221. The maximum absolute atomic E-state index is 4.77. The highest BCUT2D eigenvalue weighted by molar-refractivity contribution is 7.19. The Bertz CT molecular complexity index is 713. The fourth-order valence-electron chi connectivity index (χ4n) is 4.14. The lowest BCUT2D eigenvalue weighted by atomic mass is 9.90. The molecule has 2 aliphatic rings. The third-order valence-corrected chi connectivity index (χ3v) is 6.63. The van der Waals surface area contributed by atoms with Gasteiger partial charge in [0.1, 0.15) is 16.5 Å². The summed E-state index contributed by atoms with van der Waals surface area (Å²) in [6.07, 6.45) is 8.74. The second-order valence-corrected chi connectivity index (χ2v) is 8.35. The molecule has 0 aromatic carbocycles. The molecule has 124 valence electrons. The first kappa shape index (κ1) is 15.3. The van der Waals surface area contributed by atoms with Crippen LogP contribution in [0.1, 0.15) is 48.4 Å². The summed E-state index contributed by atoms with van der Waals surface area (Å²) in [5.41, 5.74) is 1.52. The standard InChI is InChI=1S/C18H26N4S/c1-11-19-17(21-12-7-9-13(10-8-12)22(2)3)16-14-5-4-6-15(14)23-18(16)20-11/h12-13H,4-10H2,1-3H3,(H,19,20,21). The van der Waals surface area contributed by atoms with Crippen LogP contribution in [0.4, 0.5) is 5.82 Å². The molecule has 0 bridgehead atoms. The quantitative estimate of drug-likeness (QED) is 0.930. The number of anilines is 1. The molecule has 23 heavy (non-hydrogen) atoms. The predicted octanol–water partition coefficient (Wildman–Crippen LogP) is 3.77. The summed E-state index contributed by atoms with van der Waals surface area (Å²) in [5.74, 6) is 1.99. The molecule has 4 rings (SSSR count). The Morgan fingerprint density at radius 2 is 1.87 bits per heavy atom. The van der Waals surface area contributed by atoms with E-state index in [0.717, 1.165) is 17.7 Å². The molecule has 2 heterocycles. The van der Waals surface area contributed by atoms with Crippen molar-refractivity contribution in [1.29, 1.82) is 0 Å².